The van der Waals surface area contributed by atoms with Crippen LogP contribution >= 0.6 is 23.4 Å². The molecule has 2 aromatic heterocycles. The van der Waals surface area contributed by atoms with E-state index < -0.39 is 0 Å². The van der Waals surface area contributed by atoms with E-state index in [-0.39, 0.29) is 0 Å². The van der Waals surface area contributed by atoms with Gasteiger partial charge in [-0.25, -0.2) is 4.98 Å². The molecule has 3 nitrogen and oxygen atoms in total. The quantitative estimate of drug-likeness (QED) is 0.784. The molecule has 0 aromatic carbocycles. The van der Waals surface area contributed by atoms with Crippen LogP contribution < -0.4 is 0 Å². The highest BCUT2D eigenvalue weighted by Crippen LogP contribution is 2.34. The Morgan fingerprint density at radius 1 is 1.38 bits per heavy atom. The monoisotopic (exact) mass is 254 g/mol. The van der Waals surface area contributed by atoms with Crippen LogP contribution in [-0.4, -0.2) is 16.2 Å². The first-order valence-corrected chi connectivity index (χ1v) is 6.49. The van der Waals surface area contributed by atoms with E-state index in [0.29, 0.717) is 10.9 Å². The standard InChI is InChI=1S/C11H11ClN2OS/c1-3-7-4-14-11(15-7)8-5-13-6-9(12)10(8)16-2/h4-6H,3H2,1-2H3. The van der Waals surface area contributed by atoms with Crippen LogP contribution in [0.3, 0.4) is 0 Å². The molecule has 2 rings (SSSR count). The second-order valence-corrected chi connectivity index (χ2v) is 4.41. The second kappa shape index (κ2) is 4.89. The fourth-order valence-electron chi connectivity index (χ4n) is 1.38. The van der Waals surface area contributed by atoms with Crippen molar-refractivity contribution in [1.82, 2.24) is 9.97 Å². The number of hydrogen-bond donors (Lipinski definition) is 0. The van der Waals surface area contributed by atoms with E-state index in [1.165, 1.54) is 0 Å². The second-order valence-electron chi connectivity index (χ2n) is 3.19. The molecule has 0 unspecified atom stereocenters. The van der Waals surface area contributed by atoms with Gasteiger partial charge in [0.1, 0.15) is 5.76 Å². The van der Waals surface area contributed by atoms with E-state index in [1.807, 2.05) is 13.2 Å². The van der Waals surface area contributed by atoms with Crippen LogP contribution in [-0.2, 0) is 6.42 Å². The third kappa shape index (κ3) is 2.08. The number of halogens is 1. The number of hydrogen-bond acceptors (Lipinski definition) is 4. The molecule has 0 amide bonds. The lowest BCUT2D eigenvalue weighted by atomic mass is 10.3. The van der Waals surface area contributed by atoms with Gasteiger partial charge in [0.05, 0.1) is 16.8 Å². The number of aryl methyl sites for hydroxylation is 1. The Morgan fingerprint density at radius 3 is 2.81 bits per heavy atom. The molecule has 2 heterocycles. The first-order valence-electron chi connectivity index (χ1n) is 4.88. The van der Waals surface area contributed by atoms with E-state index in [1.54, 1.807) is 30.4 Å². The number of thioether (sulfide) groups is 1. The van der Waals surface area contributed by atoms with Crippen LogP contribution in [0, 0.1) is 0 Å². The molecule has 84 valence electrons. The number of oxazole rings is 1. The normalized spacial score (nSPS) is 10.7. The molecule has 0 aliphatic rings. The summed E-state index contributed by atoms with van der Waals surface area (Å²) in [6, 6.07) is 0. The van der Waals surface area contributed by atoms with Gasteiger partial charge in [-0.2, -0.15) is 0 Å². The molecule has 5 heteroatoms. The predicted molar refractivity (Wildman–Crippen MR) is 65.9 cm³/mol. The highest BCUT2D eigenvalue weighted by Gasteiger charge is 2.13. The summed E-state index contributed by atoms with van der Waals surface area (Å²) in [5.41, 5.74) is 0.847. The molecule has 0 atom stereocenters. The number of aromatic nitrogens is 2. The Balaban J connectivity index is 2.50. The van der Waals surface area contributed by atoms with Crippen LogP contribution in [0.25, 0.3) is 11.5 Å². The van der Waals surface area contributed by atoms with E-state index in [4.69, 9.17) is 16.0 Å². The largest absolute Gasteiger partial charge is 0.441 e. The van der Waals surface area contributed by atoms with Crippen molar-refractivity contribution in [3.05, 3.63) is 29.4 Å². The summed E-state index contributed by atoms with van der Waals surface area (Å²) in [6.07, 6.45) is 7.88. The van der Waals surface area contributed by atoms with Crippen molar-refractivity contribution in [2.24, 2.45) is 0 Å². The number of pyridine rings is 1. The summed E-state index contributed by atoms with van der Waals surface area (Å²) in [6.45, 7) is 2.02. The van der Waals surface area contributed by atoms with Crippen LogP contribution in [0.15, 0.2) is 27.9 Å². The van der Waals surface area contributed by atoms with Crippen LogP contribution in [0.4, 0.5) is 0 Å². The van der Waals surface area contributed by atoms with Gasteiger partial charge in [0.15, 0.2) is 0 Å². The minimum atomic E-state index is 0.580. The molecular weight excluding hydrogens is 244 g/mol. The molecule has 0 aliphatic heterocycles. The highest BCUT2D eigenvalue weighted by molar-refractivity contribution is 7.98. The van der Waals surface area contributed by atoms with Gasteiger partial charge in [-0.05, 0) is 6.26 Å². The Hall–Kier alpha value is -1.00. The van der Waals surface area contributed by atoms with Crippen molar-refractivity contribution in [2.45, 2.75) is 18.2 Å². The SMILES string of the molecule is CCc1cnc(-c2cncc(Cl)c2SC)o1. The number of rotatable bonds is 3. The smallest absolute Gasteiger partial charge is 0.228 e. The van der Waals surface area contributed by atoms with Crippen LogP contribution in [0.1, 0.15) is 12.7 Å². The topological polar surface area (TPSA) is 38.9 Å². The van der Waals surface area contributed by atoms with E-state index in [2.05, 4.69) is 9.97 Å². The Kier molecular flexibility index (Phi) is 3.51. The van der Waals surface area contributed by atoms with Crippen molar-refractivity contribution < 1.29 is 4.42 Å². The Morgan fingerprint density at radius 2 is 2.19 bits per heavy atom. The van der Waals surface area contributed by atoms with Gasteiger partial charge in [-0.15, -0.1) is 11.8 Å². The lowest BCUT2D eigenvalue weighted by Gasteiger charge is -2.04. The zero-order chi connectivity index (χ0) is 11.5. The molecule has 0 saturated carbocycles. The fourth-order valence-corrected chi connectivity index (χ4v) is 2.38. The van der Waals surface area contributed by atoms with Crippen molar-refractivity contribution in [2.75, 3.05) is 6.26 Å². The molecule has 0 N–H and O–H groups in total. The van der Waals surface area contributed by atoms with Crippen molar-refractivity contribution >= 4 is 23.4 Å². The van der Waals surface area contributed by atoms with E-state index >= 15 is 0 Å². The first kappa shape index (κ1) is 11.5. The summed E-state index contributed by atoms with van der Waals surface area (Å²) in [4.78, 5) is 9.23. The summed E-state index contributed by atoms with van der Waals surface area (Å²) in [7, 11) is 0. The third-order valence-electron chi connectivity index (χ3n) is 2.19. The maximum absolute atomic E-state index is 6.07. The molecule has 0 spiro atoms. The van der Waals surface area contributed by atoms with Crippen LogP contribution in [0.2, 0.25) is 5.02 Å². The Labute approximate surface area is 103 Å². The van der Waals surface area contributed by atoms with Crippen LogP contribution in [0.5, 0.6) is 0 Å². The minimum Gasteiger partial charge on any atom is -0.441 e. The summed E-state index contributed by atoms with van der Waals surface area (Å²) < 4.78 is 5.59. The van der Waals surface area contributed by atoms with Gasteiger partial charge in [-0.3, -0.25) is 4.98 Å². The zero-order valence-corrected chi connectivity index (χ0v) is 10.6. The Bertz CT molecular complexity index is 498. The van der Waals surface area contributed by atoms with Gasteiger partial charge < -0.3 is 4.42 Å². The molecule has 2 aromatic rings. The zero-order valence-electron chi connectivity index (χ0n) is 9.03. The summed E-state index contributed by atoms with van der Waals surface area (Å²) in [5.74, 6) is 1.44. The average Bonchev–Trinajstić information content (AvgIpc) is 2.77. The van der Waals surface area contributed by atoms with Gasteiger partial charge in [0, 0.05) is 23.7 Å². The fraction of sp³-hybridized carbons (Fsp3) is 0.273. The average molecular weight is 255 g/mol. The predicted octanol–water partition coefficient (Wildman–Crippen LogP) is 3.67. The lowest BCUT2D eigenvalue weighted by molar-refractivity contribution is 0.523. The van der Waals surface area contributed by atoms with Gasteiger partial charge in [0.2, 0.25) is 5.89 Å². The van der Waals surface area contributed by atoms with Crippen molar-refractivity contribution in [3.8, 4) is 11.5 Å². The summed E-state index contributed by atoms with van der Waals surface area (Å²) in [5, 5.41) is 0.626. The van der Waals surface area contributed by atoms with E-state index in [9.17, 15) is 0 Å². The maximum Gasteiger partial charge on any atom is 0.228 e. The lowest BCUT2D eigenvalue weighted by Crippen LogP contribution is -1.85. The maximum atomic E-state index is 6.07. The summed E-state index contributed by atoms with van der Waals surface area (Å²) >= 11 is 7.63. The molecule has 0 radical (unpaired) electrons. The molecular formula is C11H11ClN2OS. The molecule has 0 saturated heterocycles. The molecule has 16 heavy (non-hydrogen) atoms. The third-order valence-corrected chi connectivity index (χ3v) is 3.44. The first-order chi connectivity index (χ1) is 7.76. The van der Waals surface area contributed by atoms with Gasteiger partial charge in [0.25, 0.3) is 0 Å². The van der Waals surface area contributed by atoms with E-state index in [0.717, 1.165) is 22.6 Å². The van der Waals surface area contributed by atoms with Gasteiger partial charge >= 0.3 is 0 Å². The van der Waals surface area contributed by atoms with Gasteiger partial charge in [-0.1, -0.05) is 18.5 Å². The molecule has 0 bridgehead atoms. The minimum absolute atomic E-state index is 0.580. The van der Waals surface area contributed by atoms with Crippen molar-refractivity contribution in [1.29, 1.82) is 0 Å². The number of nitrogens with zero attached hydrogens (tertiary/aromatic N) is 2. The highest BCUT2D eigenvalue weighted by atomic mass is 35.5. The molecule has 0 fully saturated rings. The molecule has 0 aliphatic carbocycles. The van der Waals surface area contributed by atoms with Crippen molar-refractivity contribution in [3.63, 3.8) is 0 Å².